The van der Waals surface area contributed by atoms with Gasteiger partial charge in [0.25, 0.3) is 0 Å². The molecule has 2 aromatic heterocycles. The van der Waals surface area contributed by atoms with Crippen LogP contribution in [0.3, 0.4) is 0 Å². The maximum absolute atomic E-state index is 12.6. The molecule has 0 aromatic carbocycles. The maximum atomic E-state index is 12.6. The van der Waals surface area contributed by atoms with Gasteiger partial charge in [0.15, 0.2) is 28.4 Å². The zero-order valence-electron chi connectivity index (χ0n) is 17.6. The standard InChI is InChI=1S/C16H23F3N5O7PS2/c1-33-5-3-20-12-9-13(23-15(22-12)34-4-2-16(17,18)19)24(7-21-9)14-11(26)10(25)8(31-14)6-30-32(27,28)29/h7-8,10-11,14,25-26H,2-6H2,1H3,(H,20,22,23)(H2,27,28,29)/t8-,10?,11?,14-/m1/s1. The van der Waals surface area contributed by atoms with Gasteiger partial charge in [0.2, 0.25) is 0 Å². The number of phosphoric ester groups is 1. The van der Waals surface area contributed by atoms with Crippen molar-refractivity contribution in [2.24, 2.45) is 0 Å². The molecule has 0 radical (unpaired) electrons. The fourth-order valence-corrected chi connectivity index (χ4v) is 4.54. The zero-order chi connectivity index (χ0) is 25.1. The summed E-state index contributed by atoms with van der Waals surface area (Å²) in [7, 11) is -4.84. The van der Waals surface area contributed by atoms with Gasteiger partial charge in [-0.2, -0.15) is 24.9 Å². The summed E-state index contributed by atoms with van der Waals surface area (Å²) >= 11 is 2.36. The van der Waals surface area contributed by atoms with Gasteiger partial charge in [0, 0.05) is 18.1 Å². The lowest BCUT2D eigenvalue weighted by Gasteiger charge is -2.17. The molecule has 12 nitrogen and oxygen atoms in total. The molecular formula is C16H23F3N5O7PS2. The molecule has 1 saturated heterocycles. The molecule has 3 heterocycles. The second-order valence-electron chi connectivity index (χ2n) is 7.14. The van der Waals surface area contributed by atoms with Crippen molar-refractivity contribution in [3.05, 3.63) is 6.33 Å². The normalized spacial score (nSPS) is 23.6. The Bertz CT molecular complexity index is 1030. The number of phosphoric acid groups is 1. The number of fused-ring (bicyclic) bond motifs is 1. The summed E-state index contributed by atoms with van der Waals surface area (Å²) in [6.45, 7) is -0.198. The average Bonchev–Trinajstić information content (AvgIpc) is 3.27. The van der Waals surface area contributed by atoms with E-state index < -0.39 is 51.6 Å². The van der Waals surface area contributed by atoms with Crippen molar-refractivity contribution in [1.29, 1.82) is 0 Å². The first kappa shape index (κ1) is 27.4. The molecule has 3 rings (SSSR count). The fourth-order valence-electron chi connectivity index (χ4n) is 3.07. The Morgan fingerprint density at radius 1 is 1.26 bits per heavy atom. The molecule has 0 aliphatic carbocycles. The van der Waals surface area contributed by atoms with Gasteiger partial charge in [0.1, 0.15) is 18.3 Å². The van der Waals surface area contributed by atoms with E-state index in [2.05, 4.69) is 24.8 Å². The number of nitrogens with one attached hydrogen (secondary N) is 1. The predicted molar refractivity (Wildman–Crippen MR) is 118 cm³/mol. The molecule has 1 fully saturated rings. The molecule has 192 valence electrons. The first-order valence-corrected chi connectivity index (χ1v) is 13.7. The summed E-state index contributed by atoms with van der Waals surface area (Å²) in [5.41, 5.74) is 0.394. The van der Waals surface area contributed by atoms with Crippen molar-refractivity contribution >= 4 is 48.3 Å². The predicted octanol–water partition coefficient (Wildman–Crippen LogP) is 1.37. The second-order valence-corrected chi connectivity index (χ2v) is 10.4. The van der Waals surface area contributed by atoms with Crippen molar-refractivity contribution < 1.29 is 47.0 Å². The molecule has 0 spiro atoms. The zero-order valence-corrected chi connectivity index (χ0v) is 20.1. The van der Waals surface area contributed by atoms with Crippen molar-refractivity contribution in [1.82, 2.24) is 19.5 Å². The Morgan fingerprint density at radius 3 is 2.65 bits per heavy atom. The lowest BCUT2D eigenvalue weighted by Crippen LogP contribution is -2.33. The first-order chi connectivity index (χ1) is 15.9. The fraction of sp³-hybridized carbons (Fsp3) is 0.688. The number of aromatic nitrogens is 4. The quantitative estimate of drug-likeness (QED) is 0.118. The van der Waals surface area contributed by atoms with E-state index in [4.69, 9.17) is 14.5 Å². The van der Waals surface area contributed by atoms with Crippen molar-refractivity contribution in [3.8, 4) is 0 Å². The number of alkyl halides is 3. The van der Waals surface area contributed by atoms with Gasteiger partial charge in [-0.25, -0.2) is 19.5 Å². The van der Waals surface area contributed by atoms with Crippen LogP contribution in [0.1, 0.15) is 12.6 Å². The summed E-state index contributed by atoms with van der Waals surface area (Å²) in [4.78, 5) is 30.5. The molecule has 1 aliphatic heterocycles. The minimum Gasteiger partial charge on any atom is -0.387 e. The number of anilines is 1. The maximum Gasteiger partial charge on any atom is 0.469 e. The SMILES string of the molecule is CSCCNc1nc(SCCC(F)(F)F)nc2c1ncn2[C@@H]1O[C@H](COP(=O)(O)O)C(O)C1O. The highest BCUT2D eigenvalue weighted by atomic mass is 32.2. The number of nitrogens with zero attached hydrogens (tertiary/aromatic N) is 4. The number of thioether (sulfide) groups is 2. The molecule has 5 N–H and O–H groups in total. The Labute approximate surface area is 199 Å². The second kappa shape index (κ2) is 11.3. The molecule has 2 unspecified atom stereocenters. The van der Waals surface area contributed by atoms with E-state index in [1.54, 1.807) is 11.8 Å². The number of hydrogen-bond acceptors (Lipinski definition) is 11. The summed E-state index contributed by atoms with van der Waals surface area (Å²) in [5.74, 6) is 0.693. The number of ether oxygens (including phenoxy) is 1. The van der Waals surface area contributed by atoms with Crippen LogP contribution in [0.2, 0.25) is 0 Å². The largest absolute Gasteiger partial charge is 0.469 e. The number of rotatable bonds is 11. The third kappa shape index (κ3) is 7.18. The van der Waals surface area contributed by atoms with E-state index in [9.17, 15) is 27.9 Å². The summed E-state index contributed by atoms with van der Waals surface area (Å²) in [6.07, 6.45) is -7.81. The number of hydrogen-bond donors (Lipinski definition) is 5. The van der Waals surface area contributed by atoms with Crippen LogP contribution in [0.5, 0.6) is 0 Å². The lowest BCUT2D eigenvalue weighted by molar-refractivity contribution is -0.129. The van der Waals surface area contributed by atoms with Crippen molar-refractivity contribution in [3.63, 3.8) is 0 Å². The smallest absolute Gasteiger partial charge is 0.387 e. The first-order valence-electron chi connectivity index (χ1n) is 9.78. The molecular weight excluding hydrogens is 526 g/mol. The van der Waals surface area contributed by atoms with Crippen LogP contribution in [0, 0.1) is 0 Å². The minimum absolute atomic E-state index is 0.0413. The van der Waals surface area contributed by atoms with Gasteiger partial charge < -0.3 is 30.1 Å². The Kier molecular flexibility index (Phi) is 9.08. The van der Waals surface area contributed by atoms with Crippen LogP contribution in [-0.4, -0.2) is 94.9 Å². The average molecular weight is 549 g/mol. The number of aliphatic hydroxyl groups is 2. The van der Waals surface area contributed by atoms with Gasteiger partial charge in [-0.1, -0.05) is 11.8 Å². The molecule has 34 heavy (non-hydrogen) atoms. The molecule has 0 bridgehead atoms. The van der Waals surface area contributed by atoms with E-state index in [0.717, 1.165) is 17.5 Å². The third-order valence-electron chi connectivity index (χ3n) is 4.63. The molecule has 0 saturated carbocycles. The van der Waals surface area contributed by atoms with Crippen molar-refractivity contribution in [2.45, 2.75) is 42.3 Å². The molecule has 2 aromatic rings. The van der Waals surface area contributed by atoms with Crippen LogP contribution in [-0.2, 0) is 13.8 Å². The van der Waals surface area contributed by atoms with E-state index in [0.29, 0.717) is 6.54 Å². The van der Waals surface area contributed by atoms with Gasteiger partial charge in [-0.3, -0.25) is 9.09 Å². The summed E-state index contributed by atoms with van der Waals surface area (Å²) in [6, 6.07) is 0. The number of halogens is 3. The molecule has 0 amide bonds. The van der Waals surface area contributed by atoms with Crippen LogP contribution in [0.4, 0.5) is 19.0 Å². The van der Waals surface area contributed by atoms with Crippen LogP contribution in [0.25, 0.3) is 11.2 Å². The van der Waals surface area contributed by atoms with Crippen LogP contribution < -0.4 is 5.32 Å². The number of imidazole rings is 1. The highest BCUT2D eigenvalue weighted by molar-refractivity contribution is 7.99. The summed E-state index contributed by atoms with van der Waals surface area (Å²) < 4.78 is 59.8. The highest BCUT2D eigenvalue weighted by Crippen LogP contribution is 2.39. The Hall–Kier alpha value is -1.17. The van der Waals surface area contributed by atoms with E-state index in [1.807, 2.05) is 6.26 Å². The van der Waals surface area contributed by atoms with Crippen LogP contribution in [0.15, 0.2) is 11.5 Å². The number of aliphatic hydroxyl groups excluding tert-OH is 2. The topological polar surface area (TPSA) is 172 Å². The third-order valence-corrected chi connectivity index (χ3v) is 6.58. The van der Waals surface area contributed by atoms with Gasteiger partial charge >= 0.3 is 14.0 Å². The van der Waals surface area contributed by atoms with Gasteiger partial charge in [0.05, 0.1) is 19.4 Å². The van der Waals surface area contributed by atoms with E-state index >= 15 is 0 Å². The van der Waals surface area contributed by atoms with Crippen molar-refractivity contribution in [2.75, 3.05) is 36.2 Å². The summed E-state index contributed by atoms with van der Waals surface area (Å²) in [5, 5.41) is 23.8. The molecule has 18 heteroatoms. The van der Waals surface area contributed by atoms with E-state index in [1.165, 1.54) is 10.9 Å². The molecule has 4 atom stereocenters. The van der Waals surface area contributed by atoms with Crippen LogP contribution >= 0.6 is 31.3 Å². The molecule has 1 aliphatic rings. The minimum atomic E-state index is -4.84. The van der Waals surface area contributed by atoms with E-state index in [-0.39, 0.29) is 27.9 Å². The Morgan fingerprint density at radius 2 is 2.00 bits per heavy atom. The lowest BCUT2D eigenvalue weighted by atomic mass is 10.1. The van der Waals surface area contributed by atoms with Gasteiger partial charge in [-0.15, -0.1) is 0 Å². The highest BCUT2D eigenvalue weighted by Gasteiger charge is 2.45. The monoisotopic (exact) mass is 549 g/mol. The van der Waals surface area contributed by atoms with Gasteiger partial charge in [-0.05, 0) is 6.26 Å². The Balaban J connectivity index is 1.89.